The Hall–Kier alpha value is -2.66. The highest BCUT2D eigenvalue weighted by Crippen LogP contribution is 2.12. The highest BCUT2D eigenvalue weighted by atomic mass is 19.1. The van der Waals surface area contributed by atoms with Crippen molar-refractivity contribution < 1.29 is 18.8 Å². The monoisotopic (exact) mass is 343 g/mol. The summed E-state index contributed by atoms with van der Waals surface area (Å²) in [6, 6.07) is 13.3. The van der Waals surface area contributed by atoms with Crippen molar-refractivity contribution in [2.24, 2.45) is 0 Å². The molecule has 0 spiro atoms. The standard InChI is InChI=1S/C20H23FN2O2/c1-4-13-25-19-11-5-16(6-12-19)14-23(3)15(2)20(24)22-18-9-7-17(21)8-10-18/h4-12,15H,1,13-14H2,2-3H3,(H,22,24)/p+1/t15-/m1/s1. The number of nitrogens with one attached hydrogen (secondary N) is 2. The van der Waals surface area contributed by atoms with Gasteiger partial charge >= 0.3 is 0 Å². The molecule has 0 radical (unpaired) electrons. The summed E-state index contributed by atoms with van der Waals surface area (Å²) >= 11 is 0. The molecule has 5 heteroatoms. The molecule has 0 saturated heterocycles. The average molecular weight is 343 g/mol. The van der Waals surface area contributed by atoms with Gasteiger partial charge in [0.2, 0.25) is 0 Å². The first-order valence-corrected chi connectivity index (χ1v) is 8.21. The Bertz CT molecular complexity index is 699. The van der Waals surface area contributed by atoms with Gasteiger partial charge in [0.15, 0.2) is 6.04 Å². The fourth-order valence-corrected chi connectivity index (χ4v) is 2.34. The SMILES string of the molecule is C=CCOc1ccc(C[NH+](C)[C@H](C)C(=O)Nc2ccc(F)cc2)cc1. The number of hydrogen-bond acceptors (Lipinski definition) is 2. The van der Waals surface area contributed by atoms with Gasteiger partial charge < -0.3 is 15.0 Å². The molecule has 0 aliphatic rings. The zero-order valence-corrected chi connectivity index (χ0v) is 14.6. The molecule has 132 valence electrons. The third-order valence-electron chi connectivity index (χ3n) is 4.02. The minimum atomic E-state index is -0.325. The number of benzene rings is 2. The van der Waals surface area contributed by atoms with Crippen molar-refractivity contribution in [1.29, 1.82) is 0 Å². The predicted molar refractivity (Wildman–Crippen MR) is 97.2 cm³/mol. The predicted octanol–water partition coefficient (Wildman–Crippen LogP) is 2.43. The molecular weight excluding hydrogens is 319 g/mol. The van der Waals surface area contributed by atoms with Gasteiger partial charge in [-0.1, -0.05) is 12.7 Å². The molecule has 2 rings (SSSR count). The second-order valence-corrected chi connectivity index (χ2v) is 5.98. The number of hydrogen-bond donors (Lipinski definition) is 2. The molecule has 25 heavy (non-hydrogen) atoms. The lowest BCUT2D eigenvalue weighted by atomic mass is 10.1. The van der Waals surface area contributed by atoms with Crippen LogP contribution in [-0.4, -0.2) is 25.6 Å². The lowest BCUT2D eigenvalue weighted by Crippen LogP contribution is -3.12. The highest BCUT2D eigenvalue weighted by Gasteiger charge is 2.22. The van der Waals surface area contributed by atoms with Gasteiger partial charge in [0.25, 0.3) is 5.91 Å². The van der Waals surface area contributed by atoms with E-state index in [-0.39, 0.29) is 17.8 Å². The quantitative estimate of drug-likeness (QED) is 0.723. The van der Waals surface area contributed by atoms with E-state index in [4.69, 9.17) is 4.74 Å². The van der Waals surface area contributed by atoms with Gasteiger partial charge in [-0.2, -0.15) is 0 Å². The Kier molecular flexibility index (Phi) is 6.71. The Balaban J connectivity index is 1.90. The van der Waals surface area contributed by atoms with Crippen LogP contribution in [0.15, 0.2) is 61.2 Å². The van der Waals surface area contributed by atoms with Crippen LogP contribution in [0.5, 0.6) is 5.75 Å². The lowest BCUT2D eigenvalue weighted by Gasteiger charge is -2.21. The topological polar surface area (TPSA) is 42.8 Å². The molecule has 0 heterocycles. The van der Waals surface area contributed by atoms with Gasteiger partial charge in [0, 0.05) is 11.3 Å². The first kappa shape index (κ1) is 18.7. The lowest BCUT2D eigenvalue weighted by molar-refractivity contribution is -0.907. The van der Waals surface area contributed by atoms with E-state index in [2.05, 4.69) is 11.9 Å². The first-order chi connectivity index (χ1) is 12.0. The number of halogens is 1. The maximum Gasteiger partial charge on any atom is 0.282 e. The van der Waals surface area contributed by atoms with Gasteiger partial charge in [0.1, 0.15) is 24.7 Å². The third kappa shape index (κ3) is 5.72. The fraction of sp³-hybridized carbons (Fsp3) is 0.250. The largest absolute Gasteiger partial charge is 0.490 e. The summed E-state index contributed by atoms with van der Waals surface area (Å²) in [5.74, 6) is 0.368. The minimum absolute atomic E-state index is 0.102. The van der Waals surface area contributed by atoms with Gasteiger partial charge in [-0.15, -0.1) is 0 Å². The molecule has 0 aliphatic carbocycles. The van der Waals surface area contributed by atoms with Crippen LogP contribution < -0.4 is 15.0 Å². The van der Waals surface area contributed by atoms with E-state index < -0.39 is 0 Å². The van der Waals surface area contributed by atoms with Gasteiger partial charge in [0.05, 0.1) is 7.05 Å². The van der Waals surface area contributed by atoms with E-state index in [0.29, 0.717) is 18.8 Å². The number of likely N-dealkylation sites (N-methyl/N-ethyl adjacent to an activating group) is 1. The summed E-state index contributed by atoms with van der Waals surface area (Å²) in [4.78, 5) is 13.4. The summed E-state index contributed by atoms with van der Waals surface area (Å²) in [6.45, 7) is 6.67. The smallest absolute Gasteiger partial charge is 0.282 e. The number of quaternary nitrogens is 1. The second kappa shape index (κ2) is 8.99. The number of ether oxygens (including phenoxy) is 1. The number of carbonyl (C=O) groups excluding carboxylic acids is 1. The van der Waals surface area contributed by atoms with Crippen molar-refractivity contribution in [2.45, 2.75) is 19.5 Å². The van der Waals surface area contributed by atoms with Gasteiger partial charge in [-0.25, -0.2) is 4.39 Å². The number of amides is 1. The van der Waals surface area contributed by atoms with Crippen LogP contribution in [0.3, 0.4) is 0 Å². The Morgan fingerprint density at radius 1 is 1.24 bits per heavy atom. The van der Waals surface area contributed by atoms with Crippen LogP contribution in [-0.2, 0) is 11.3 Å². The Labute approximate surface area is 147 Å². The zero-order chi connectivity index (χ0) is 18.2. The van der Waals surface area contributed by atoms with E-state index in [9.17, 15) is 9.18 Å². The van der Waals surface area contributed by atoms with Crippen LogP contribution in [0.2, 0.25) is 0 Å². The van der Waals surface area contributed by atoms with Crippen molar-refractivity contribution in [3.05, 3.63) is 72.6 Å². The van der Waals surface area contributed by atoms with Gasteiger partial charge in [-0.05, 0) is 55.5 Å². The molecule has 0 saturated carbocycles. The molecule has 1 unspecified atom stereocenters. The normalized spacial score (nSPS) is 12.9. The van der Waals surface area contributed by atoms with Crippen molar-refractivity contribution in [3.63, 3.8) is 0 Å². The molecule has 0 bridgehead atoms. The molecule has 2 aromatic rings. The Morgan fingerprint density at radius 3 is 2.48 bits per heavy atom. The molecule has 2 atom stereocenters. The summed E-state index contributed by atoms with van der Waals surface area (Å²) in [5.41, 5.74) is 1.71. The number of anilines is 1. The van der Waals surface area contributed by atoms with E-state index >= 15 is 0 Å². The van der Waals surface area contributed by atoms with Crippen molar-refractivity contribution in [2.75, 3.05) is 19.0 Å². The average Bonchev–Trinajstić information content (AvgIpc) is 2.62. The molecule has 0 fully saturated rings. The van der Waals surface area contributed by atoms with E-state index in [1.807, 2.05) is 38.2 Å². The molecular formula is C20H24FN2O2+. The molecule has 4 nitrogen and oxygen atoms in total. The van der Waals surface area contributed by atoms with Crippen LogP contribution in [0.1, 0.15) is 12.5 Å². The number of carbonyl (C=O) groups is 1. The Morgan fingerprint density at radius 2 is 1.88 bits per heavy atom. The molecule has 1 amide bonds. The van der Waals surface area contributed by atoms with Crippen LogP contribution in [0.4, 0.5) is 10.1 Å². The van der Waals surface area contributed by atoms with Crippen LogP contribution in [0.25, 0.3) is 0 Å². The third-order valence-corrected chi connectivity index (χ3v) is 4.02. The molecule has 2 aromatic carbocycles. The molecule has 0 aromatic heterocycles. The maximum absolute atomic E-state index is 12.9. The minimum Gasteiger partial charge on any atom is -0.490 e. The van der Waals surface area contributed by atoms with E-state index in [0.717, 1.165) is 16.2 Å². The highest BCUT2D eigenvalue weighted by molar-refractivity contribution is 5.93. The van der Waals surface area contributed by atoms with Crippen molar-refractivity contribution >= 4 is 11.6 Å². The van der Waals surface area contributed by atoms with E-state index in [1.165, 1.54) is 12.1 Å². The molecule has 2 N–H and O–H groups in total. The maximum atomic E-state index is 12.9. The summed E-state index contributed by atoms with van der Waals surface area (Å²) < 4.78 is 18.4. The zero-order valence-electron chi connectivity index (χ0n) is 14.6. The van der Waals surface area contributed by atoms with Crippen LogP contribution >= 0.6 is 0 Å². The summed E-state index contributed by atoms with van der Waals surface area (Å²) in [7, 11) is 1.97. The van der Waals surface area contributed by atoms with Crippen molar-refractivity contribution in [1.82, 2.24) is 0 Å². The van der Waals surface area contributed by atoms with E-state index in [1.54, 1.807) is 18.2 Å². The summed E-state index contributed by atoms with van der Waals surface area (Å²) in [5, 5.41) is 2.81. The second-order valence-electron chi connectivity index (χ2n) is 5.98. The van der Waals surface area contributed by atoms with Gasteiger partial charge in [-0.3, -0.25) is 4.79 Å². The number of rotatable bonds is 8. The van der Waals surface area contributed by atoms with Crippen molar-refractivity contribution in [3.8, 4) is 5.75 Å². The summed E-state index contributed by atoms with van der Waals surface area (Å²) in [6.07, 6.45) is 1.70. The first-order valence-electron chi connectivity index (χ1n) is 8.21. The van der Waals surface area contributed by atoms with Crippen LogP contribution in [0, 0.1) is 5.82 Å². The molecule has 0 aliphatic heterocycles. The fourth-order valence-electron chi connectivity index (χ4n) is 2.34.